The Bertz CT molecular complexity index is 1070. The van der Waals surface area contributed by atoms with Gasteiger partial charge in [-0.3, -0.25) is 4.79 Å². The van der Waals surface area contributed by atoms with Gasteiger partial charge in [0.25, 0.3) is 0 Å². The molecule has 0 bridgehead atoms. The van der Waals surface area contributed by atoms with Gasteiger partial charge >= 0.3 is 0 Å². The first-order valence-corrected chi connectivity index (χ1v) is 14.7. The molecule has 1 amide bonds. The van der Waals surface area contributed by atoms with Crippen LogP contribution in [0.25, 0.3) is 11.0 Å². The lowest BCUT2D eigenvalue weighted by Gasteiger charge is -2.21. The van der Waals surface area contributed by atoms with E-state index in [-0.39, 0.29) is 5.91 Å². The Morgan fingerprint density at radius 1 is 1.12 bits per heavy atom. The van der Waals surface area contributed by atoms with Crippen molar-refractivity contribution in [3.63, 3.8) is 0 Å². The lowest BCUT2D eigenvalue weighted by Crippen LogP contribution is -2.27. The van der Waals surface area contributed by atoms with Crippen LogP contribution in [0.3, 0.4) is 0 Å². The lowest BCUT2D eigenvalue weighted by atomic mass is 9.86. The molecule has 2 aromatic rings. The van der Waals surface area contributed by atoms with E-state index in [1.54, 1.807) is 16.4 Å². The molecule has 1 saturated heterocycles. The first-order chi connectivity index (χ1) is 16.5. The van der Waals surface area contributed by atoms with Gasteiger partial charge in [0.1, 0.15) is 5.82 Å². The molecule has 1 saturated carbocycles. The maximum atomic E-state index is 13.0. The van der Waals surface area contributed by atoms with Gasteiger partial charge < -0.3 is 9.88 Å². The van der Waals surface area contributed by atoms with E-state index in [1.807, 2.05) is 6.07 Å². The first-order valence-electron chi connectivity index (χ1n) is 13.2. The van der Waals surface area contributed by atoms with Crippen molar-refractivity contribution in [2.45, 2.75) is 95.4 Å². The van der Waals surface area contributed by atoms with Gasteiger partial charge in [0.15, 0.2) is 0 Å². The van der Waals surface area contributed by atoms with Gasteiger partial charge in [-0.15, -0.1) is 0 Å². The van der Waals surface area contributed by atoms with Crippen molar-refractivity contribution in [1.29, 1.82) is 0 Å². The fraction of sp³-hybridized carbons (Fsp3) is 0.692. The summed E-state index contributed by atoms with van der Waals surface area (Å²) in [5.74, 6) is 1.76. The average molecular weight is 489 g/mol. The topological polar surface area (TPSA) is 84.3 Å². The van der Waals surface area contributed by atoms with Crippen LogP contribution in [-0.4, -0.2) is 47.8 Å². The van der Waals surface area contributed by atoms with Crippen LogP contribution in [0.5, 0.6) is 0 Å². The van der Waals surface area contributed by atoms with Gasteiger partial charge in [-0.05, 0) is 56.2 Å². The summed E-state index contributed by atoms with van der Waals surface area (Å²) in [4.78, 5) is 17.5. The van der Waals surface area contributed by atoms with Crippen molar-refractivity contribution in [3.05, 3.63) is 24.0 Å². The van der Waals surface area contributed by atoms with Gasteiger partial charge in [-0.25, -0.2) is 13.4 Å². The second kappa shape index (κ2) is 11.7. The lowest BCUT2D eigenvalue weighted by molar-refractivity contribution is -0.121. The average Bonchev–Trinajstić information content (AvgIpc) is 3.50. The number of rotatable bonds is 11. The molecular weight excluding hydrogens is 448 g/mol. The van der Waals surface area contributed by atoms with Gasteiger partial charge in [0, 0.05) is 39.0 Å². The Morgan fingerprint density at radius 3 is 2.62 bits per heavy atom. The van der Waals surface area contributed by atoms with Crippen LogP contribution in [0, 0.1) is 5.92 Å². The van der Waals surface area contributed by atoms with Crippen LogP contribution in [0.2, 0.25) is 0 Å². The van der Waals surface area contributed by atoms with Gasteiger partial charge in [0.2, 0.25) is 15.9 Å². The molecule has 2 fully saturated rings. The van der Waals surface area contributed by atoms with Gasteiger partial charge in [0.05, 0.1) is 15.9 Å². The molecule has 0 spiro atoms. The molecule has 1 aliphatic carbocycles. The third-order valence-electron chi connectivity index (χ3n) is 7.36. The van der Waals surface area contributed by atoms with Crippen molar-refractivity contribution >= 4 is 27.0 Å². The summed E-state index contributed by atoms with van der Waals surface area (Å²) < 4.78 is 29.7. The molecule has 0 atom stereocenters. The van der Waals surface area contributed by atoms with Crippen LogP contribution in [0.4, 0.5) is 0 Å². The van der Waals surface area contributed by atoms with E-state index in [4.69, 9.17) is 4.98 Å². The van der Waals surface area contributed by atoms with Crippen molar-refractivity contribution < 1.29 is 13.2 Å². The van der Waals surface area contributed by atoms with E-state index in [0.717, 1.165) is 56.0 Å². The Hall–Kier alpha value is -1.93. The molecule has 0 unspecified atom stereocenters. The number of sulfonamides is 1. The van der Waals surface area contributed by atoms with Gasteiger partial charge in [-0.1, -0.05) is 39.0 Å². The zero-order valence-corrected chi connectivity index (χ0v) is 21.4. The fourth-order valence-electron chi connectivity index (χ4n) is 5.47. The van der Waals surface area contributed by atoms with Crippen molar-refractivity contribution in [1.82, 2.24) is 19.2 Å². The highest BCUT2D eigenvalue weighted by atomic mass is 32.2. The highest BCUT2D eigenvalue weighted by Crippen LogP contribution is 2.27. The zero-order chi connectivity index (χ0) is 24.0. The quantitative estimate of drug-likeness (QED) is 0.467. The third kappa shape index (κ3) is 6.00. The van der Waals surface area contributed by atoms with Crippen molar-refractivity contribution in [3.8, 4) is 0 Å². The maximum absolute atomic E-state index is 13.0. The normalized spacial score (nSPS) is 18.0. The number of amides is 1. The predicted octanol–water partition coefficient (Wildman–Crippen LogP) is 4.64. The fourth-order valence-corrected chi connectivity index (χ4v) is 7.01. The van der Waals surface area contributed by atoms with E-state index in [0.29, 0.717) is 36.3 Å². The highest BCUT2D eigenvalue weighted by Gasteiger charge is 2.28. The van der Waals surface area contributed by atoms with E-state index in [9.17, 15) is 13.2 Å². The number of carbonyl (C=O) groups excluding carboxylic acids is 1. The molecule has 2 aliphatic rings. The molecular formula is C26H40N4O3S. The van der Waals surface area contributed by atoms with Crippen LogP contribution in [0.1, 0.15) is 83.4 Å². The zero-order valence-electron chi connectivity index (χ0n) is 20.6. The molecule has 188 valence electrons. The van der Waals surface area contributed by atoms with Crippen LogP contribution in [0.15, 0.2) is 23.1 Å². The number of imidazole rings is 1. The molecule has 1 aromatic heterocycles. The molecule has 7 nitrogen and oxygen atoms in total. The monoisotopic (exact) mass is 488 g/mol. The van der Waals surface area contributed by atoms with Gasteiger partial charge in [-0.2, -0.15) is 4.31 Å². The summed E-state index contributed by atoms with van der Waals surface area (Å²) in [6.07, 6.45) is 12.8. The second-order valence-corrected chi connectivity index (χ2v) is 11.9. The summed E-state index contributed by atoms with van der Waals surface area (Å²) in [7, 11) is -3.47. The minimum absolute atomic E-state index is 0.0658. The van der Waals surface area contributed by atoms with E-state index < -0.39 is 10.0 Å². The summed E-state index contributed by atoms with van der Waals surface area (Å²) in [6.45, 7) is 4.84. The maximum Gasteiger partial charge on any atom is 0.243 e. The summed E-state index contributed by atoms with van der Waals surface area (Å²) in [5, 5.41) is 3.08. The van der Waals surface area contributed by atoms with E-state index >= 15 is 0 Å². The largest absolute Gasteiger partial charge is 0.356 e. The van der Waals surface area contributed by atoms with Crippen LogP contribution >= 0.6 is 0 Å². The standard InChI is InChI=1S/C26H40N4O3S/c1-2-17-30-24-13-12-22(34(32,33)29-18-6-7-19-29)20-23(24)28-25(30)14-15-26(31)27-16-8-11-21-9-4-3-5-10-21/h12-13,20-21H,2-11,14-19H2,1H3,(H,27,31). The number of benzene rings is 1. The minimum Gasteiger partial charge on any atom is -0.356 e. The first kappa shape index (κ1) is 25.2. The van der Waals surface area contributed by atoms with Crippen molar-refractivity contribution in [2.24, 2.45) is 5.92 Å². The van der Waals surface area contributed by atoms with E-state index in [2.05, 4.69) is 16.8 Å². The number of hydrogen-bond donors (Lipinski definition) is 1. The Balaban J connectivity index is 1.37. The molecule has 34 heavy (non-hydrogen) atoms. The SMILES string of the molecule is CCCn1c(CCC(=O)NCCCC2CCCCC2)nc2cc(S(=O)(=O)N3CCCC3)ccc21. The molecule has 2 heterocycles. The van der Waals surface area contributed by atoms with Crippen LogP contribution < -0.4 is 5.32 Å². The Morgan fingerprint density at radius 2 is 1.88 bits per heavy atom. The summed E-state index contributed by atoms with van der Waals surface area (Å²) >= 11 is 0. The van der Waals surface area contributed by atoms with E-state index in [1.165, 1.54) is 38.5 Å². The number of fused-ring (bicyclic) bond motifs is 1. The Kier molecular flexibility index (Phi) is 8.64. The number of aryl methyl sites for hydroxylation is 2. The number of hydrogen-bond acceptors (Lipinski definition) is 4. The predicted molar refractivity (Wildman–Crippen MR) is 135 cm³/mol. The third-order valence-corrected chi connectivity index (χ3v) is 9.26. The summed E-state index contributed by atoms with van der Waals surface area (Å²) in [5.41, 5.74) is 1.63. The molecule has 8 heteroatoms. The number of nitrogens with zero attached hydrogens (tertiary/aromatic N) is 3. The smallest absolute Gasteiger partial charge is 0.243 e. The molecule has 1 aromatic carbocycles. The highest BCUT2D eigenvalue weighted by molar-refractivity contribution is 7.89. The minimum atomic E-state index is -3.47. The Labute approximate surface area is 204 Å². The molecule has 1 N–H and O–H groups in total. The van der Waals surface area contributed by atoms with Crippen molar-refractivity contribution in [2.75, 3.05) is 19.6 Å². The number of nitrogens with one attached hydrogen (secondary N) is 1. The summed E-state index contributed by atoms with van der Waals surface area (Å²) in [6, 6.07) is 5.27. The second-order valence-electron chi connectivity index (χ2n) is 9.94. The number of carbonyl (C=O) groups is 1. The molecule has 1 aliphatic heterocycles. The molecule has 4 rings (SSSR count). The van der Waals surface area contributed by atoms with Crippen LogP contribution in [-0.2, 0) is 27.8 Å². The molecule has 0 radical (unpaired) electrons. The number of aromatic nitrogens is 2.